The number of aliphatic hydroxyl groups excluding tert-OH is 1. The molecular weight excluding hydrogens is 158 g/mol. The van der Waals surface area contributed by atoms with Crippen molar-refractivity contribution in [3.05, 3.63) is 34.7 Å². The van der Waals surface area contributed by atoms with Crippen molar-refractivity contribution in [1.82, 2.24) is 9.97 Å². The van der Waals surface area contributed by atoms with Crippen LogP contribution in [0.3, 0.4) is 0 Å². The van der Waals surface area contributed by atoms with Gasteiger partial charge in [-0.15, -0.1) is 0 Å². The van der Waals surface area contributed by atoms with Crippen LogP contribution in [0.5, 0.6) is 0 Å². The maximum absolute atomic E-state index is 9.28. The number of nitrogens with zero attached hydrogens (tertiary/aromatic N) is 5. The molecule has 0 aromatic carbocycles. The highest BCUT2D eigenvalue weighted by Crippen LogP contribution is 2.07. The summed E-state index contributed by atoms with van der Waals surface area (Å²) in [7, 11) is 0. The Bertz CT molecular complexity index is 281. The molecule has 1 aromatic heterocycles. The van der Waals surface area contributed by atoms with Crippen LogP contribution in [0.15, 0.2) is 23.7 Å². The van der Waals surface area contributed by atoms with E-state index in [2.05, 4.69) is 20.0 Å². The van der Waals surface area contributed by atoms with Gasteiger partial charge in [-0.2, -0.15) is 0 Å². The SMILES string of the molecule is [N-]=[N+]=NC[C@H](O)c1cnccn1. The van der Waals surface area contributed by atoms with Gasteiger partial charge in [0, 0.05) is 17.3 Å². The fraction of sp³-hybridized carbons (Fsp3) is 0.333. The van der Waals surface area contributed by atoms with Gasteiger partial charge in [-0.05, 0) is 5.53 Å². The smallest absolute Gasteiger partial charge is 0.103 e. The zero-order valence-corrected chi connectivity index (χ0v) is 6.20. The van der Waals surface area contributed by atoms with E-state index in [1.54, 1.807) is 0 Å². The number of hydrogen-bond donors (Lipinski definition) is 1. The van der Waals surface area contributed by atoms with Crippen LogP contribution < -0.4 is 0 Å². The van der Waals surface area contributed by atoms with Crippen LogP contribution in [0, 0.1) is 0 Å². The molecule has 1 N–H and O–H groups in total. The maximum Gasteiger partial charge on any atom is 0.103 e. The molecule has 0 spiro atoms. The Labute approximate surface area is 68.5 Å². The summed E-state index contributed by atoms with van der Waals surface area (Å²) in [6.45, 7) is -0.0187. The maximum atomic E-state index is 9.28. The Morgan fingerprint density at radius 1 is 1.67 bits per heavy atom. The molecule has 0 fully saturated rings. The van der Waals surface area contributed by atoms with E-state index in [1.807, 2.05) is 0 Å². The van der Waals surface area contributed by atoms with E-state index in [0.717, 1.165) is 0 Å². The first-order valence-corrected chi connectivity index (χ1v) is 3.29. The van der Waals surface area contributed by atoms with Crippen molar-refractivity contribution in [1.29, 1.82) is 0 Å². The average Bonchev–Trinajstić information content (AvgIpc) is 2.15. The topological polar surface area (TPSA) is 94.8 Å². The molecular formula is C6H7N5O. The summed E-state index contributed by atoms with van der Waals surface area (Å²) < 4.78 is 0. The van der Waals surface area contributed by atoms with Gasteiger partial charge < -0.3 is 5.11 Å². The van der Waals surface area contributed by atoms with Gasteiger partial charge in [0.2, 0.25) is 0 Å². The summed E-state index contributed by atoms with van der Waals surface area (Å²) in [6.07, 6.45) is 3.53. The Morgan fingerprint density at radius 2 is 2.50 bits per heavy atom. The molecule has 0 bridgehead atoms. The van der Waals surface area contributed by atoms with Crippen molar-refractivity contribution in [2.45, 2.75) is 6.10 Å². The Hall–Kier alpha value is -1.65. The molecule has 6 heteroatoms. The summed E-state index contributed by atoms with van der Waals surface area (Å²) >= 11 is 0. The quantitative estimate of drug-likeness (QED) is 0.408. The Balaban J connectivity index is 2.65. The minimum absolute atomic E-state index is 0.0187. The Morgan fingerprint density at radius 3 is 3.08 bits per heavy atom. The second-order valence-corrected chi connectivity index (χ2v) is 2.06. The molecule has 1 rings (SSSR count). The molecule has 0 saturated carbocycles. The van der Waals surface area contributed by atoms with Crippen molar-refractivity contribution >= 4 is 0 Å². The second-order valence-electron chi connectivity index (χ2n) is 2.06. The highest BCUT2D eigenvalue weighted by molar-refractivity contribution is 4.99. The zero-order valence-electron chi connectivity index (χ0n) is 6.20. The van der Waals surface area contributed by atoms with E-state index in [0.29, 0.717) is 5.69 Å². The number of rotatable bonds is 3. The normalized spacial score (nSPS) is 11.8. The second kappa shape index (κ2) is 4.27. The number of hydrogen-bond acceptors (Lipinski definition) is 4. The van der Waals surface area contributed by atoms with Gasteiger partial charge in [0.15, 0.2) is 0 Å². The first-order valence-electron chi connectivity index (χ1n) is 3.29. The van der Waals surface area contributed by atoms with Gasteiger partial charge in [0.05, 0.1) is 18.4 Å². The van der Waals surface area contributed by atoms with Crippen LogP contribution in [-0.4, -0.2) is 21.6 Å². The lowest BCUT2D eigenvalue weighted by Gasteiger charge is -2.03. The summed E-state index contributed by atoms with van der Waals surface area (Å²) in [5, 5.41) is 12.5. The van der Waals surface area contributed by atoms with E-state index in [4.69, 9.17) is 5.53 Å². The fourth-order valence-electron chi connectivity index (χ4n) is 0.690. The van der Waals surface area contributed by atoms with Gasteiger partial charge in [-0.1, -0.05) is 5.11 Å². The minimum Gasteiger partial charge on any atom is -0.387 e. The monoisotopic (exact) mass is 165 g/mol. The third-order valence-electron chi connectivity index (χ3n) is 1.24. The van der Waals surface area contributed by atoms with Gasteiger partial charge in [0.1, 0.15) is 6.10 Å². The minimum atomic E-state index is -0.866. The molecule has 1 heterocycles. The predicted octanol–water partition coefficient (Wildman–Crippen LogP) is 0.820. The van der Waals surface area contributed by atoms with E-state index in [9.17, 15) is 5.11 Å². The van der Waals surface area contributed by atoms with Gasteiger partial charge in [-0.25, -0.2) is 0 Å². The molecule has 12 heavy (non-hydrogen) atoms. The molecule has 0 unspecified atom stereocenters. The predicted molar refractivity (Wildman–Crippen MR) is 41.0 cm³/mol. The average molecular weight is 165 g/mol. The number of azide groups is 1. The lowest BCUT2D eigenvalue weighted by molar-refractivity contribution is 0.181. The first-order chi connectivity index (χ1) is 5.84. The molecule has 1 aromatic rings. The fourth-order valence-corrected chi connectivity index (χ4v) is 0.690. The van der Waals surface area contributed by atoms with Crippen molar-refractivity contribution in [3.8, 4) is 0 Å². The van der Waals surface area contributed by atoms with E-state index in [-0.39, 0.29) is 6.54 Å². The summed E-state index contributed by atoms with van der Waals surface area (Å²) in [5.74, 6) is 0. The summed E-state index contributed by atoms with van der Waals surface area (Å²) in [5.41, 5.74) is 8.38. The lowest BCUT2D eigenvalue weighted by atomic mass is 10.3. The van der Waals surface area contributed by atoms with Crippen LogP contribution in [0.25, 0.3) is 10.4 Å². The molecule has 0 aliphatic rings. The van der Waals surface area contributed by atoms with Crippen LogP contribution in [0.2, 0.25) is 0 Å². The van der Waals surface area contributed by atoms with Gasteiger partial charge in [0.25, 0.3) is 0 Å². The third-order valence-corrected chi connectivity index (χ3v) is 1.24. The van der Waals surface area contributed by atoms with E-state index < -0.39 is 6.10 Å². The number of aliphatic hydroxyl groups is 1. The van der Waals surface area contributed by atoms with E-state index in [1.165, 1.54) is 18.6 Å². The van der Waals surface area contributed by atoms with Crippen LogP contribution in [0.4, 0.5) is 0 Å². The van der Waals surface area contributed by atoms with Crippen molar-refractivity contribution in [2.75, 3.05) is 6.54 Å². The molecule has 6 nitrogen and oxygen atoms in total. The molecule has 0 saturated heterocycles. The summed E-state index contributed by atoms with van der Waals surface area (Å²) in [4.78, 5) is 10.1. The molecule has 0 aliphatic carbocycles. The van der Waals surface area contributed by atoms with Crippen LogP contribution in [-0.2, 0) is 0 Å². The van der Waals surface area contributed by atoms with Gasteiger partial charge in [-0.3, -0.25) is 9.97 Å². The van der Waals surface area contributed by atoms with Crippen LogP contribution in [0.1, 0.15) is 11.8 Å². The Kier molecular flexibility index (Phi) is 3.01. The van der Waals surface area contributed by atoms with Crippen LogP contribution >= 0.6 is 0 Å². The standard InChI is InChI=1S/C6H7N5O/c7-11-10-4-6(12)5-3-8-1-2-9-5/h1-3,6,12H,4H2/t6-/m0/s1. The molecule has 1 atom stereocenters. The van der Waals surface area contributed by atoms with Crippen molar-refractivity contribution in [2.24, 2.45) is 5.11 Å². The first kappa shape index (κ1) is 8.45. The largest absolute Gasteiger partial charge is 0.387 e. The summed E-state index contributed by atoms with van der Waals surface area (Å²) in [6, 6.07) is 0. The number of aromatic nitrogens is 2. The molecule has 0 aliphatic heterocycles. The third kappa shape index (κ3) is 2.19. The van der Waals surface area contributed by atoms with Crippen molar-refractivity contribution < 1.29 is 5.11 Å². The van der Waals surface area contributed by atoms with Gasteiger partial charge >= 0.3 is 0 Å². The molecule has 0 amide bonds. The molecule has 62 valence electrons. The highest BCUT2D eigenvalue weighted by atomic mass is 16.3. The molecule has 0 radical (unpaired) electrons. The van der Waals surface area contributed by atoms with E-state index >= 15 is 0 Å². The van der Waals surface area contributed by atoms with Crippen molar-refractivity contribution in [3.63, 3.8) is 0 Å². The lowest BCUT2D eigenvalue weighted by Crippen LogP contribution is -2.03. The highest BCUT2D eigenvalue weighted by Gasteiger charge is 2.06. The zero-order chi connectivity index (χ0) is 8.81.